The maximum Gasteiger partial charge on any atom is 0.229 e. The molecule has 0 spiro atoms. The molecule has 1 amide bonds. The normalized spacial score (nSPS) is 29.1. The molecule has 0 bridgehead atoms. The zero-order chi connectivity index (χ0) is 8.84. The molecule has 0 radical (unpaired) electrons. The number of amides is 1. The Labute approximate surface area is 76.1 Å². The Hall–Kier alpha value is -1.51. The number of rotatable bonds is 0. The Kier molecular flexibility index (Phi) is 1.20. The lowest BCUT2D eigenvalue weighted by atomic mass is 9.98. The van der Waals surface area contributed by atoms with Gasteiger partial charge in [0.05, 0.1) is 12.0 Å². The number of carbonyl (C=O) groups excluding carboxylic acids is 1. The number of nitrogens with one attached hydrogen (secondary N) is 2. The van der Waals surface area contributed by atoms with E-state index in [1.807, 2.05) is 24.3 Å². The van der Waals surface area contributed by atoms with Crippen LogP contribution in [0.1, 0.15) is 11.5 Å². The van der Waals surface area contributed by atoms with E-state index in [0.29, 0.717) is 0 Å². The highest BCUT2D eigenvalue weighted by molar-refractivity contribution is 5.91. The lowest BCUT2D eigenvalue weighted by molar-refractivity contribution is -0.120. The van der Waals surface area contributed by atoms with Crippen molar-refractivity contribution in [2.24, 2.45) is 0 Å². The summed E-state index contributed by atoms with van der Waals surface area (Å²) in [5.41, 5.74) is 2.26. The summed E-state index contributed by atoms with van der Waals surface area (Å²) in [6.45, 7) is 0.748. The third kappa shape index (κ3) is 0.813. The molecule has 3 heteroatoms. The average molecular weight is 174 g/mol. The van der Waals surface area contributed by atoms with Gasteiger partial charge < -0.3 is 10.6 Å². The molecule has 2 unspecified atom stereocenters. The highest BCUT2D eigenvalue weighted by Gasteiger charge is 2.41. The standard InChI is InChI=1S/C10H10N2O/c13-10-9-6-3-1-2-4-7(6)12-8(9)5-11-10/h1-4,8-9,12H,5H2,(H,11,13). The van der Waals surface area contributed by atoms with Gasteiger partial charge in [-0.05, 0) is 11.6 Å². The van der Waals surface area contributed by atoms with Gasteiger partial charge in [-0.3, -0.25) is 4.79 Å². The maximum atomic E-state index is 11.5. The van der Waals surface area contributed by atoms with Crippen LogP contribution in [0.4, 0.5) is 5.69 Å². The van der Waals surface area contributed by atoms with Crippen molar-refractivity contribution in [3.05, 3.63) is 29.8 Å². The quantitative estimate of drug-likeness (QED) is 0.607. The van der Waals surface area contributed by atoms with Gasteiger partial charge >= 0.3 is 0 Å². The first-order valence-electron chi connectivity index (χ1n) is 4.49. The molecular formula is C10H10N2O. The molecule has 0 saturated carbocycles. The smallest absolute Gasteiger partial charge is 0.229 e. The van der Waals surface area contributed by atoms with E-state index in [1.54, 1.807) is 0 Å². The highest BCUT2D eigenvalue weighted by atomic mass is 16.2. The second-order valence-electron chi connectivity index (χ2n) is 3.56. The van der Waals surface area contributed by atoms with E-state index < -0.39 is 0 Å². The summed E-state index contributed by atoms with van der Waals surface area (Å²) >= 11 is 0. The zero-order valence-corrected chi connectivity index (χ0v) is 7.08. The molecule has 1 aromatic carbocycles. The maximum absolute atomic E-state index is 11.5. The van der Waals surface area contributed by atoms with Crippen molar-refractivity contribution in [1.82, 2.24) is 5.32 Å². The summed E-state index contributed by atoms with van der Waals surface area (Å²) in [4.78, 5) is 11.5. The fourth-order valence-electron chi connectivity index (χ4n) is 2.21. The minimum atomic E-state index is 0.0381. The van der Waals surface area contributed by atoms with Gasteiger partial charge in [0.2, 0.25) is 5.91 Å². The molecule has 1 aromatic rings. The Morgan fingerprint density at radius 2 is 2.15 bits per heavy atom. The van der Waals surface area contributed by atoms with Crippen LogP contribution in [0.3, 0.4) is 0 Å². The third-order valence-corrected chi connectivity index (χ3v) is 2.82. The fraction of sp³-hybridized carbons (Fsp3) is 0.300. The molecule has 3 rings (SSSR count). The zero-order valence-electron chi connectivity index (χ0n) is 7.08. The molecule has 0 aromatic heterocycles. The molecule has 0 aliphatic carbocycles. The first-order chi connectivity index (χ1) is 6.36. The van der Waals surface area contributed by atoms with E-state index in [0.717, 1.165) is 17.8 Å². The third-order valence-electron chi connectivity index (χ3n) is 2.82. The fourth-order valence-corrected chi connectivity index (χ4v) is 2.21. The number of benzene rings is 1. The Morgan fingerprint density at radius 1 is 1.31 bits per heavy atom. The molecule has 1 fully saturated rings. The summed E-state index contributed by atoms with van der Waals surface area (Å²) in [5.74, 6) is 0.193. The van der Waals surface area contributed by atoms with E-state index in [1.165, 1.54) is 0 Å². The van der Waals surface area contributed by atoms with Gasteiger partial charge in [-0.1, -0.05) is 18.2 Å². The predicted molar refractivity (Wildman–Crippen MR) is 49.6 cm³/mol. The number of hydrogen-bond acceptors (Lipinski definition) is 2. The van der Waals surface area contributed by atoms with Gasteiger partial charge in [-0.25, -0.2) is 0 Å². The van der Waals surface area contributed by atoms with Crippen molar-refractivity contribution in [2.45, 2.75) is 12.0 Å². The van der Waals surface area contributed by atoms with Crippen LogP contribution in [0.25, 0.3) is 0 Å². The molecule has 66 valence electrons. The van der Waals surface area contributed by atoms with E-state index in [2.05, 4.69) is 10.6 Å². The molecule has 2 heterocycles. The molecule has 3 nitrogen and oxygen atoms in total. The van der Waals surface area contributed by atoms with Crippen molar-refractivity contribution in [1.29, 1.82) is 0 Å². The molecular weight excluding hydrogens is 164 g/mol. The highest BCUT2D eigenvalue weighted by Crippen LogP contribution is 2.37. The van der Waals surface area contributed by atoms with Crippen LogP contribution < -0.4 is 10.6 Å². The van der Waals surface area contributed by atoms with Crippen molar-refractivity contribution in [2.75, 3.05) is 11.9 Å². The number of para-hydroxylation sites is 1. The van der Waals surface area contributed by atoms with E-state index in [9.17, 15) is 4.79 Å². The van der Waals surface area contributed by atoms with Crippen LogP contribution in [0, 0.1) is 0 Å². The van der Waals surface area contributed by atoms with Crippen molar-refractivity contribution < 1.29 is 4.79 Å². The number of anilines is 1. The summed E-state index contributed by atoms with van der Waals surface area (Å²) in [7, 11) is 0. The Bertz CT molecular complexity index is 375. The van der Waals surface area contributed by atoms with Gasteiger partial charge in [0.1, 0.15) is 0 Å². The minimum absolute atomic E-state index is 0.0381. The lowest BCUT2D eigenvalue weighted by Gasteiger charge is -2.04. The summed E-state index contributed by atoms with van der Waals surface area (Å²) < 4.78 is 0. The molecule has 13 heavy (non-hydrogen) atoms. The van der Waals surface area contributed by atoms with Crippen LogP contribution in [0.2, 0.25) is 0 Å². The molecule has 1 saturated heterocycles. The number of hydrogen-bond donors (Lipinski definition) is 2. The van der Waals surface area contributed by atoms with Crippen LogP contribution in [-0.2, 0) is 4.79 Å². The first kappa shape index (κ1) is 6.95. The van der Waals surface area contributed by atoms with Crippen molar-refractivity contribution in [3.8, 4) is 0 Å². The lowest BCUT2D eigenvalue weighted by Crippen LogP contribution is -2.20. The minimum Gasteiger partial charge on any atom is -0.379 e. The monoisotopic (exact) mass is 174 g/mol. The SMILES string of the molecule is O=C1NCC2Nc3ccccc3C12. The second-order valence-corrected chi connectivity index (χ2v) is 3.56. The molecule has 2 aliphatic heterocycles. The van der Waals surface area contributed by atoms with Crippen LogP contribution in [-0.4, -0.2) is 18.5 Å². The van der Waals surface area contributed by atoms with Gasteiger partial charge in [-0.15, -0.1) is 0 Å². The van der Waals surface area contributed by atoms with Crippen LogP contribution >= 0.6 is 0 Å². The van der Waals surface area contributed by atoms with Gasteiger partial charge in [0.15, 0.2) is 0 Å². The first-order valence-corrected chi connectivity index (χ1v) is 4.49. The topological polar surface area (TPSA) is 41.1 Å². The molecule has 2 N–H and O–H groups in total. The average Bonchev–Trinajstić information content (AvgIpc) is 2.66. The predicted octanol–water partition coefficient (Wildman–Crippen LogP) is 0.694. The Morgan fingerprint density at radius 3 is 3.08 bits per heavy atom. The van der Waals surface area contributed by atoms with Gasteiger partial charge in [0.25, 0.3) is 0 Å². The van der Waals surface area contributed by atoms with E-state index >= 15 is 0 Å². The Balaban J connectivity index is 2.13. The largest absolute Gasteiger partial charge is 0.379 e. The van der Waals surface area contributed by atoms with E-state index in [4.69, 9.17) is 0 Å². The summed E-state index contributed by atoms with van der Waals surface area (Å²) in [5, 5.41) is 6.20. The van der Waals surface area contributed by atoms with Crippen LogP contribution in [0.15, 0.2) is 24.3 Å². The molecule has 2 atom stereocenters. The van der Waals surface area contributed by atoms with Crippen LogP contribution in [0.5, 0.6) is 0 Å². The van der Waals surface area contributed by atoms with Gasteiger partial charge in [-0.2, -0.15) is 0 Å². The summed E-state index contributed by atoms with van der Waals surface area (Å²) in [6.07, 6.45) is 0. The van der Waals surface area contributed by atoms with Crippen molar-refractivity contribution >= 4 is 11.6 Å². The van der Waals surface area contributed by atoms with Gasteiger partial charge in [0, 0.05) is 12.2 Å². The van der Waals surface area contributed by atoms with Crippen molar-refractivity contribution in [3.63, 3.8) is 0 Å². The van der Waals surface area contributed by atoms with E-state index in [-0.39, 0.29) is 17.9 Å². The number of carbonyl (C=O) groups is 1. The summed E-state index contributed by atoms with van der Waals surface area (Å²) in [6, 6.07) is 8.29. The molecule has 2 aliphatic rings. The number of fused-ring (bicyclic) bond motifs is 3. The second kappa shape index (κ2) is 2.25.